The Labute approximate surface area is 250 Å². The van der Waals surface area contributed by atoms with Gasteiger partial charge in [-0.3, -0.25) is 14.6 Å². The molecule has 0 fully saturated rings. The molecule has 1 aliphatic heterocycles. The van der Waals surface area contributed by atoms with Crippen LogP contribution in [0, 0.1) is 6.92 Å². The van der Waals surface area contributed by atoms with Crippen LogP contribution in [0.2, 0.25) is 0 Å². The van der Waals surface area contributed by atoms with Crippen molar-refractivity contribution in [3.63, 3.8) is 0 Å². The Morgan fingerprint density at radius 3 is 2.12 bits per heavy atom. The van der Waals surface area contributed by atoms with Crippen LogP contribution in [0.4, 0.5) is 5.69 Å². The number of benzene rings is 3. The van der Waals surface area contributed by atoms with Crippen molar-refractivity contribution in [2.75, 3.05) is 38.5 Å². The Morgan fingerprint density at radius 1 is 0.875 bits per heavy atom. The van der Waals surface area contributed by atoms with Crippen LogP contribution in [0.5, 0.6) is 0 Å². The molecule has 0 bridgehead atoms. The van der Waals surface area contributed by atoms with Crippen LogP contribution < -0.4 is 10.6 Å². The minimum Gasteiger partial charge on any atom is -0.376 e. The molecule has 3 aromatic rings. The first-order valence-corrected chi connectivity index (χ1v) is 13.3. The van der Waals surface area contributed by atoms with Crippen molar-refractivity contribution in [2.45, 2.75) is 39.9 Å². The Kier molecular flexibility index (Phi) is 12.9. The summed E-state index contributed by atoms with van der Waals surface area (Å²) in [6.07, 6.45) is 0. The molecule has 4 rings (SSSR count). The van der Waals surface area contributed by atoms with Gasteiger partial charge in [0.2, 0.25) is 5.91 Å². The van der Waals surface area contributed by atoms with Gasteiger partial charge in [0, 0.05) is 45.0 Å². The van der Waals surface area contributed by atoms with Gasteiger partial charge in [-0.25, -0.2) is 5.01 Å². The summed E-state index contributed by atoms with van der Waals surface area (Å²) in [5.41, 5.74) is 6.67. The predicted molar refractivity (Wildman–Crippen MR) is 168 cm³/mol. The first-order chi connectivity index (χ1) is 18.3. The number of likely N-dealkylation sites (N-methyl/N-ethyl adjacent to an activating group) is 1. The third-order valence-electron chi connectivity index (χ3n) is 7.00. The summed E-state index contributed by atoms with van der Waals surface area (Å²) in [7, 11) is 1.79. The summed E-state index contributed by atoms with van der Waals surface area (Å²) >= 11 is 0. The maximum Gasteiger partial charge on any atom is 0.256 e. The Balaban J connectivity index is 0.00000280. The fourth-order valence-corrected chi connectivity index (χ4v) is 4.64. The van der Waals surface area contributed by atoms with Gasteiger partial charge in [-0.05, 0) is 40.8 Å². The van der Waals surface area contributed by atoms with Crippen molar-refractivity contribution >= 4 is 42.3 Å². The van der Waals surface area contributed by atoms with Crippen LogP contribution in [0.1, 0.15) is 30.5 Å². The van der Waals surface area contributed by atoms with Gasteiger partial charge in [-0.15, -0.1) is 24.8 Å². The van der Waals surface area contributed by atoms with Gasteiger partial charge in [0.1, 0.15) is 6.54 Å². The lowest BCUT2D eigenvalue weighted by atomic mass is 10.0. The van der Waals surface area contributed by atoms with Crippen LogP contribution in [-0.4, -0.2) is 66.0 Å². The predicted octanol–water partition coefficient (Wildman–Crippen LogP) is 5.13. The molecule has 1 heterocycles. The van der Waals surface area contributed by atoms with Gasteiger partial charge in [-0.1, -0.05) is 80.6 Å². The molecule has 0 spiro atoms. The van der Waals surface area contributed by atoms with E-state index in [4.69, 9.17) is 0 Å². The Bertz CT molecular complexity index is 1230. The number of aryl methyl sites for hydroxylation is 1. The summed E-state index contributed by atoms with van der Waals surface area (Å²) in [5.74, 6) is -0.204. The highest BCUT2D eigenvalue weighted by Crippen LogP contribution is 2.25. The molecule has 40 heavy (non-hydrogen) atoms. The lowest BCUT2D eigenvalue weighted by molar-refractivity contribution is -0.151. The number of halogens is 2. The molecule has 0 atom stereocenters. The van der Waals surface area contributed by atoms with Gasteiger partial charge in [0.25, 0.3) is 5.91 Å². The third-order valence-corrected chi connectivity index (χ3v) is 7.00. The number of nitrogens with one attached hydrogen (secondary N) is 2. The second-order valence-corrected chi connectivity index (χ2v) is 10.2. The highest BCUT2D eigenvalue weighted by Gasteiger charge is 2.27. The van der Waals surface area contributed by atoms with Crippen molar-refractivity contribution in [1.29, 1.82) is 0 Å². The van der Waals surface area contributed by atoms with Crippen molar-refractivity contribution in [1.82, 2.24) is 20.2 Å². The molecule has 2 N–H and O–H groups in total. The molecule has 0 aliphatic carbocycles. The third kappa shape index (κ3) is 8.70. The smallest absolute Gasteiger partial charge is 0.256 e. The quantitative estimate of drug-likeness (QED) is 0.326. The topological polar surface area (TPSA) is 67.9 Å². The largest absolute Gasteiger partial charge is 0.376 e. The molecule has 216 valence electrons. The normalized spacial score (nSPS) is 12.2. The lowest BCUT2D eigenvalue weighted by Gasteiger charge is -2.31. The van der Waals surface area contributed by atoms with E-state index in [2.05, 4.69) is 66.9 Å². The molecule has 0 radical (unpaired) electrons. The van der Waals surface area contributed by atoms with E-state index in [1.54, 1.807) is 17.0 Å². The van der Waals surface area contributed by atoms with Gasteiger partial charge in [-0.2, -0.15) is 0 Å². The minimum atomic E-state index is -0.105. The van der Waals surface area contributed by atoms with Crippen molar-refractivity contribution < 1.29 is 9.59 Å². The number of fused-ring (bicyclic) bond motifs is 1. The number of carbonyl (C=O) groups excluding carboxylic acids is 2. The maximum atomic E-state index is 13.4. The minimum absolute atomic E-state index is 0. The molecule has 0 saturated heterocycles. The zero-order valence-electron chi connectivity index (χ0n) is 23.7. The molecule has 0 unspecified atom stereocenters. The first-order valence-electron chi connectivity index (χ1n) is 13.3. The Hall–Kier alpha value is -3.10. The van der Waals surface area contributed by atoms with Gasteiger partial charge >= 0.3 is 0 Å². The van der Waals surface area contributed by atoms with E-state index in [9.17, 15) is 9.59 Å². The standard InChI is InChI=1S/C31H39N5O2.2ClH/c1-23(2)32-16-17-35(22-31(38)34(4)36-20-27-12-8-9-13-28(27)21-36)30(37)19-33-29-18-26(15-14-24(29)3)25-10-6-5-7-11-25;;/h5-15,18,23,32-33H,16-17,19-22H2,1-4H3;2*1H. The number of anilines is 1. The molecule has 7 nitrogen and oxygen atoms in total. The number of rotatable bonds is 11. The summed E-state index contributed by atoms with van der Waals surface area (Å²) in [6, 6.07) is 25.0. The van der Waals surface area contributed by atoms with E-state index >= 15 is 0 Å². The van der Waals surface area contributed by atoms with E-state index < -0.39 is 0 Å². The van der Waals surface area contributed by atoms with E-state index in [0.717, 1.165) is 22.4 Å². The summed E-state index contributed by atoms with van der Waals surface area (Å²) in [5, 5.41) is 10.4. The molecule has 0 aromatic heterocycles. The zero-order chi connectivity index (χ0) is 27.1. The number of hydrazine groups is 1. The van der Waals surface area contributed by atoms with Gasteiger partial charge in [0.05, 0.1) is 6.54 Å². The van der Waals surface area contributed by atoms with Crippen molar-refractivity contribution in [3.05, 3.63) is 89.5 Å². The van der Waals surface area contributed by atoms with Crippen LogP contribution in [-0.2, 0) is 22.7 Å². The van der Waals surface area contributed by atoms with Crippen LogP contribution in [0.3, 0.4) is 0 Å². The monoisotopic (exact) mass is 585 g/mol. The van der Waals surface area contributed by atoms with E-state index in [-0.39, 0.29) is 49.7 Å². The van der Waals surface area contributed by atoms with Gasteiger partial charge < -0.3 is 15.5 Å². The zero-order valence-corrected chi connectivity index (χ0v) is 25.4. The summed E-state index contributed by atoms with van der Waals surface area (Å²) in [6.45, 7) is 8.79. The maximum absolute atomic E-state index is 13.4. The van der Waals surface area contributed by atoms with Crippen LogP contribution >= 0.6 is 24.8 Å². The number of nitrogens with zero attached hydrogens (tertiary/aromatic N) is 3. The molecule has 2 amide bonds. The molecular weight excluding hydrogens is 545 g/mol. The van der Waals surface area contributed by atoms with Crippen molar-refractivity contribution in [3.8, 4) is 11.1 Å². The SMILES string of the molecule is Cc1ccc(-c2ccccc2)cc1NCC(=O)N(CCNC(C)C)CC(=O)N(C)N1Cc2ccccc2C1.Cl.Cl. The van der Waals surface area contributed by atoms with Crippen LogP contribution in [0.25, 0.3) is 11.1 Å². The summed E-state index contributed by atoms with van der Waals surface area (Å²) < 4.78 is 0. The molecule has 0 saturated carbocycles. The fraction of sp³-hybridized carbons (Fsp3) is 0.355. The second kappa shape index (κ2) is 15.6. The number of amides is 2. The van der Waals surface area contributed by atoms with E-state index in [0.29, 0.717) is 32.2 Å². The number of hydrogen-bond acceptors (Lipinski definition) is 5. The van der Waals surface area contributed by atoms with Crippen LogP contribution in [0.15, 0.2) is 72.8 Å². The average molecular weight is 587 g/mol. The molecular formula is C31H41Cl2N5O2. The Morgan fingerprint density at radius 2 is 1.50 bits per heavy atom. The van der Waals surface area contributed by atoms with Gasteiger partial charge in [0.15, 0.2) is 0 Å². The highest BCUT2D eigenvalue weighted by molar-refractivity contribution is 5.87. The molecule has 3 aromatic carbocycles. The summed E-state index contributed by atoms with van der Waals surface area (Å²) in [4.78, 5) is 28.3. The van der Waals surface area contributed by atoms with E-state index in [1.807, 2.05) is 42.3 Å². The van der Waals surface area contributed by atoms with Crippen molar-refractivity contribution in [2.24, 2.45) is 0 Å². The number of carbonyl (C=O) groups is 2. The highest BCUT2D eigenvalue weighted by atomic mass is 35.5. The van der Waals surface area contributed by atoms with E-state index in [1.165, 1.54) is 11.1 Å². The fourth-order valence-electron chi connectivity index (χ4n) is 4.64. The average Bonchev–Trinajstić information content (AvgIpc) is 3.36. The number of hydrogen-bond donors (Lipinski definition) is 2. The molecule has 1 aliphatic rings. The second-order valence-electron chi connectivity index (χ2n) is 10.2. The lowest BCUT2D eigenvalue weighted by Crippen LogP contribution is -2.49. The first kappa shape index (κ1) is 33.1. The molecule has 9 heteroatoms.